The van der Waals surface area contributed by atoms with Crippen molar-refractivity contribution in [1.82, 2.24) is 0 Å². The Bertz CT molecular complexity index is 172. The maximum Gasteiger partial charge on any atom is 0.313 e. The van der Waals surface area contributed by atoms with E-state index in [4.69, 9.17) is 4.74 Å². The van der Waals surface area contributed by atoms with E-state index < -0.39 is 0 Å². The molecule has 0 spiro atoms. The summed E-state index contributed by atoms with van der Waals surface area (Å²) in [6.45, 7) is 0. The summed E-state index contributed by atoms with van der Waals surface area (Å²) in [6.07, 6.45) is 6.01. The fraction of sp³-hybridized carbons (Fsp3) is 0.571. The molecule has 1 saturated heterocycles. The van der Waals surface area contributed by atoms with Crippen LogP contribution in [-0.4, -0.2) is 12.1 Å². The molecular formula is C7H8O2. The molecule has 0 radical (unpaired) electrons. The highest BCUT2D eigenvalue weighted by Crippen LogP contribution is 2.28. The number of ether oxygens (including phenoxy) is 1. The molecule has 2 nitrogen and oxygen atoms in total. The lowest BCUT2D eigenvalue weighted by molar-refractivity contribution is -0.142. The van der Waals surface area contributed by atoms with Crippen molar-refractivity contribution in [2.75, 3.05) is 0 Å². The molecule has 2 rings (SSSR count). The van der Waals surface area contributed by atoms with Crippen LogP contribution in [0, 0.1) is 5.92 Å². The molecule has 48 valence electrons. The molecule has 1 fully saturated rings. The lowest BCUT2D eigenvalue weighted by atomic mass is 9.97. The number of esters is 1. The summed E-state index contributed by atoms with van der Waals surface area (Å²) in [5, 5.41) is 0. The SMILES string of the molecule is O=C1O[C@H]2CC=C[C@H]1C2. The quantitative estimate of drug-likeness (QED) is 0.354. The van der Waals surface area contributed by atoms with Gasteiger partial charge < -0.3 is 4.74 Å². The van der Waals surface area contributed by atoms with Crippen molar-refractivity contribution >= 4 is 5.97 Å². The number of hydrogen-bond acceptors (Lipinski definition) is 2. The Morgan fingerprint density at radius 3 is 3.22 bits per heavy atom. The first-order valence-electron chi connectivity index (χ1n) is 3.23. The van der Waals surface area contributed by atoms with Crippen molar-refractivity contribution in [3.05, 3.63) is 12.2 Å². The predicted molar refractivity (Wildman–Crippen MR) is 31.7 cm³/mol. The average Bonchev–Trinajstić information content (AvgIpc) is 2.09. The van der Waals surface area contributed by atoms with Crippen LogP contribution in [0.2, 0.25) is 0 Å². The number of carbonyl (C=O) groups is 1. The zero-order valence-corrected chi connectivity index (χ0v) is 5.04. The van der Waals surface area contributed by atoms with E-state index in [1.54, 1.807) is 0 Å². The lowest BCUT2D eigenvalue weighted by Crippen LogP contribution is -2.05. The Morgan fingerprint density at radius 2 is 2.56 bits per heavy atom. The Labute approximate surface area is 53.5 Å². The summed E-state index contributed by atoms with van der Waals surface area (Å²) in [4.78, 5) is 10.8. The summed E-state index contributed by atoms with van der Waals surface area (Å²) >= 11 is 0. The van der Waals surface area contributed by atoms with Crippen LogP contribution in [0.25, 0.3) is 0 Å². The van der Waals surface area contributed by atoms with Gasteiger partial charge in [-0.2, -0.15) is 0 Å². The molecule has 2 heteroatoms. The van der Waals surface area contributed by atoms with Crippen molar-refractivity contribution < 1.29 is 9.53 Å². The van der Waals surface area contributed by atoms with Crippen LogP contribution in [0.1, 0.15) is 12.8 Å². The second kappa shape index (κ2) is 1.59. The zero-order chi connectivity index (χ0) is 6.27. The van der Waals surface area contributed by atoms with Crippen LogP contribution in [0.5, 0.6) is 0 Å². The number of fused-ring (bicyclic) bond motifs is 2. The minimum absolute atomic E-state index is 0.0336. The van der Waals surface area contributed by atoms with Gasteiger partial charge in [0.05, 0.1) is 5.92 Å². The van der Waals surface area contributed by atoms with Gasteiger partial charge in [0, 0.05) is 12.8 Å². The van der Waals surface area contributed by atoms with Gasteiger partial charge in [0.2, 0.25) is 0 Å². The second-order valence-corrected chi connectivity index (χ2v) is 2.56. The van der Waals surface area contributed by atoms with Crippen LogP contribution in [-0.2, 0) is 9.53 Å². The molecule has 0 aromatic rings. The minimum atomic E-state index is -0.0336. The summed E-state index contributed by atoms with van der Waals surface area (Å²) in [7, 11) is 0. The van der Waals surface area contributed by atoms with Crippen molar-refractivity contribution in [3.63, 3.8) is 0 Å². The smallest absolute Gasteiger partial charge is 0.313 e. The average molecular weight is 124 g/mol. The maximum absolute atomic E-state index is 10.8. The summed E-state index contributed by atoms with van der Waals surface area (Å²) in [5.74, 6) is 0.0532. The highest BCUT2D eigenvalue weighted by atomic mass is 16.5. The molecule has 2 bridgehead atoms. The van der Waals surface area contributed by atoms with E-state index in [0.717, 1.165) is 12.8 Å². The summed E-state index contributed by atoms with van der Waals surface area (Å²) < 4.78 is 4.98. The van der Waals surface area contributed by atoms with Gasteiger partial charge in [0.15, 0.2) is 0 Å². The molecule has 0 unspecified atom stereocenters. The topological polar surface area (TPSA) is 26.3 Å². The summed E-state index contributed by atoms with van der Waals surface area (Å²) in [6, 6.07) is 0. The van der Waals surface area contributed by atoms with Crippen LogP contribution in [0.4, 0.5) is 0 Å². The molecule has 0 amide bonds. The Balaban J connectivity index is 2.27. The molecule has 0 saturated carbocycles. The molecule has 1 aliphatic carbocycles. The molecule has 0 aromatic heterocycles. The van der Waals surface area contributed by atoms with Crippen molar-refractivity contribution in [3.8, 4) is 0 Å². The van der Waals surface area contributed by atoms with E-state index >= 15 is 0 Å². The van der Waals surface area contributed by atoms with Crippen molar-refractivity contribution in [2.24, 2.45) is 5.92 Å². The first-order chi connectivity index (χ1) is 4.36. The monoisotopic (exact) mass is 124 g/mol. The molecule has 9 heavy (non-hydrogen) atoms. The van der Waals surface area contributed by atoms with Gasteiger partial charge in [-0.3, -0.25) is 4.79 Å². The largest absolute Gasteiger partial charge is 0.462 e. The standard InChI is InChI=1S/C7H8O2/c8-7-5-2-1-3-6(4-5)9-7/h1-2,5-6H,3-4H2/t5-,6-/m0/s1. The van der Waals surface area contributed by atoms with Crippen molar-refractivity contribution in [2.45, 2.75) is 18.9 Å². The van der Waals surface area contributed by atoms with Gasteiger partial charge in [-0.15, -0.1) is 0 Å². The van der Waals surface area contributed by atoms with E-state index in [0.29, 0.717) is 0 Å². The third kappa shape index (κ3) is 0.661. The molecule has 0 aromatic carbocycles. The van der Waals surface area contributed by atoms with Gasteiger partial charge in [-0.25, -0.2) is 0 Å². The van der Waals surface area contributed by atoms with Gasteiger partial charge in [-0.1, -0.05) is 12.2 Å². The van der Waals surface area contributed by atoms with E-state index in [2.05, 4.69) is 0 Å². The normalized spacial score (nSPS) is 38.9. The zero-order valence-electron chi connectivity index (χ0n) is 5.04. The number of carbonyl (C=O) groups excluding carboxylic acids is 1. The molecule has 2 atom stereocenters. The van der Waals surface area contributed by atoms with Crippen LogP contribution in [0.15, 0.2) is 12.2 Å². The highest BCUT2D eigenvalue weighted by Gasteiger charge is 2.34. The van der Waals surface area contributed by atoms with Crippen LogP contribution in [0.3, 0.4) is 0 Å². The Hall–Kier alpha value is -0.790. The van der Waals surface area contributed by atoms with Gasteiger partial charge in [-0.05, 0) is 0 Å². The predicted octanol–water partition coefficient (Wildman–Crippen LogP) is 0.878. The van der Waals surface area contributed by atoms with Crippen LogP contribution >= 0.6 is 0 Å². The van der Waals surface area contributed by atoms with Gasteiger partial charge >= 0.3 is 5.97 Å². The third-order valence-corrected chi connectivity index (χ3v) is 1.87. The number of hydrogen-bond donors (Lipinski definition) is 0. The molecule has 1 aliphatic heterocycles. The first kappa shape index (κ1) is 5.03. The summed E-state index contributed by atoms with van der Waals surface area (Å²) in [5.41, 5.74) is 0. The lowest BCUT2D eigenvalue weighted by Gasteiger charge is -2.06. The van der Waals surface area contributed by atoms with E-state index in [1.807, 2.05) is 12.2 Å². The first-order valence-corrected chi connectivity index (χ1v) is 3.23. The number of rotatable bonds is 0. The molecule has 2 aliphatic rings. The van der Waals surface area contributed by atoms with Crippen LogP contribution < -0.4 is 0 Å². The van der Waals surface area contributed by atoms with Gasteiger partial charge in [0.25, 0.3) is 0 Å². The molecule has 0 N–H and O–H groups in total. The van der Waals surface area contributed by atoms with E-state index in [9.17, 15) is 4.79 Å². The maximum atomic E-state index is 10.8. The van der Waals surface area contributed by atoms with E-state index in [-0.39, 0.29) is 18.0 Å². The molecule has 1 heterocycles. The second-order valence-electron chi connectivity index (χ2n) is 2.56. The Morgan fingerprint density at radius 1 is 1.67 bits per heavy atom. The molecular weight excluding hydrogens is 116 g/mol. The Kier molecular flexibility index (Phi) is 0.891. The fourth-order valence-electron chi connectivity index (χ4n) is 1.38. The fourth-order valence-corrected chi connectivity index (χ4v) is 1.38. The van der Waals surface area contributed by atoms with E-state index in [1.165, 1.54) is 0 Å². The van der Waals surface area contributed by atoms with Gasteiger partial charge in [0.1, 0.15) is 6.10 Å². The third-order valence-electron chi connectivity index (χ3n) is 1.87. The van der Waals surface area contributed by atoms with Crippen molar-refractivity contribution in [1.29, 1.82) is 0 Å². The highest BCUT2D eigenvalue weighted by molar-refractivity contribution is 5.77. The minimum Gasteiger partial charge on any atom is -0.462 e.